The number of aromatic nitrogens is 2. The number of hydrogen-bond donors (Lipinski definition) is 1. The van der Waals surface area contributed by atoms with Crippen LogP contribution in [0.5, 0.6) is 5.75 Å². The van der Waals surface area contributed by atoms with Crippen molar-refractivity contribution in [1.82, 2.24) is 9.97 Å². The lowest BCUT2D eigenvalue weighted by molar-refractivity contribution is 0.306. The maximum Gasteiger partial charge on any atom is 0.149 e. The van der Waals surface area contributed by atoms with Crippen molar-refractivity contribution in [3.63, 3.8) is 0 Å². The van der Waals surface area contributed by atoms with Gasteiger partial charge in [0, 0.05) is 10.6 Å². The number of imidazole rings is 1. The van der Waals surface area contributed by atoms with E-state index in [0.29, 0.717) is 28.8 Å². The van der Waals surface area contributed by atoms with Crippen LogP contribution in [0.25, 0.3) is 22.7 Å². The van der Waals surface area contributed by atoms with Crippen molar-refractivity contribution >= 4 is 34.3 Å². The number of allylic oxidation sites excluding steroid dienone is 1. The fraction of sp³-hybridized carbons (Fsp3) is 0.0435. The van der Waals surface area contributed by atoms with Crippen LogP contribution in [0.3, 0.4) is 0 Å². The first-order valence-electron chi connectivity index (χ1n) is 8.76. The SMILES string of the molecule is N#CC(=Cc1cccc(OCc2ccccc2Cl)c1)c1nc2ccccc2[nH]1. The molecule has 0 spiro atoms. The quantitative estimate of drug-likeness (QED) is 0.437. The van der Waals surface area contributed by atoms with Gasteiger partial charge in [-0.15, -0.1) is 0 Å². The molecule has 4 rings (SSSR count). The Morgan fingerprint density at radius 2 is 1.89 bits per heavy atom. The van der Waals surface area contributed by atoms with Crippen LogP contribution >= 0.6 is 11.6 Å². The predicted molar refractivity (Wildman–Crippen MR) is 112 cm³/mol. The first kappa shape index (κ1) is 17.8. The molecule has 0 atom stereocenters. The van der Waals surface area contributed by atoms with Gasteiger partial charge in [-0.3, -0.25) is 0 Å². The molecule has 0 aliphatic carbocycles. The van der Waals surface area contributed by atoms with Crippen molar-refractivity contribution < 1.29 is 4.74 Å². The average Bonchev–Trinajstić information content (AvgIpc) is 3.16. The van der Waals surface area contributed by atoms with Gasteiger partial charge in [-0.25, -0.2) is 4.98 Å². The largest absolute Gasteiger partial charge is 0.489 e. The van der Waals surface area contributed by atoms with Crippen LogP contribution in [0.4, 0.5) is 0 Å². The molecule has 3 aromatic carbocycles. The number of H-pyrrole nitrogens is 1. The number of benzene rings is 3. The van der Waals surface area contributed by atoms with Gasteiger partial charge in [0.2, 0.25) is 0 Å². The summed E-state index contributed by atoms with van der Waals surface area (Å²) in [6.07, 6.45) is 1.79. The zero-order valence-corrected chi connectivity index (χ0v) is 15.6. The molecule has 1 aromatic heterocycles. The second-order valence-corrected chi connectivity index (χ2v) is 6.63. The van der Waals surface area contributed by atoms with E-state index in [1.54, 1.807) is 6.08 Å². The minimum Gasteiger partial charge on any atom is -0.489 e. The summed E-state index contributed by atoms with van der Waals surface area (Å²) in [5.74, 6) is 1.25. The van der Waals surface area contributed by atoms with Gasteiger partial charge in [-0.1, -0.05) is 54.1 Å². The normalized spacial score (nSPS) is 11.4. The van der Waals surface area contributed by atoms with E-state index in [1.165, 1.54) is 0 Å². The molecule has 5 heteroatoms. The highest BCUT2D eigenvalue weighted by atomic mass is 35.5. The Morgan fingerprint density at radius 3 is 2.71 bits per heavy atom. The van der Waals surface area contributed by atoms with Crippen LogP contribution in [0.2, 0.25) is 5.02 Å². The molecule has 1 N–H and O–H groups in total. The van der Waals surface area contributed by atoms with Crippen LogP contribution in [0.1, 0.15) is 17.0 Å². The molecular formula is C23H16ClN3O. The Labute approximate surface area is 167 Å². The molecule has 0 aliphatic rings. The van der Waals surface area contributed by atoms with Gasteiger partial charge in [-0.05, 0) is 42.0 Å². The Morgan fingerprint density at radius 1 is 1.07 bits per heavy atom. The maximum atomic E-state index is 9.59. The summed E-state index contributed by atoms with van der Waals surface area (Å²) < 4.78 is 5.86. The van der Waals surface area contributed by atoms with Crippen LogP contribution in [-0.2, 0) is 6.61 Å². The van der Waals surface area contributed by atoms with Crippen LogP contribution < -0.4 is 4.74 Å². The molecule has 4 nitrogen and oxygen atoms in total. The van der Waals surface area contributed by atoms with Gasteiger partial charge in [-0.2, -0.15) is 5.26 Å². The van der Waals surface area contributed by atoms with E-state index in [0.717, 1.165) is 22.2 Å². The summed E-state index contributed by atoms with van der Waals surface area (Å²) in [4.78, 5) is 7.68. The molecule has 0 bridgehead atoms. The van der Waals surface area contributed by atoms with Crippen molar-refractivity contribution in [2.45, 2.75) is 6.61 Å². The highest BCUT2D eigenvalue weighted by molar-refractivity contribution is 6.31. The Bertz CT molecular complexity index is 1170. The third-order valence-corrected chi connectivity index (χ3v) is 4.65. The van der Waals surface area contributed by atoms with Crippen molar-refractivity contribution in [2.24, 2.45) is 0 Å². The van der Waals surface area contributed by atoms with E-state index in [9.17, 15) is 5.26 Å². The first-order valence-corrected chi connectivity index (χ1v) is 9.14. The fourth-order valence-corrected chi connectivity index (χ4v) is 3.06. The monoisotopic (exact) mass is 385 g/mol. The standard InChI is InChI=1S/C23H16ClN3O/c24-20-9-2-1-7-17(20)15-28-19-8-5-6-16(13-19)12-18(14-25)23-26-21-10-3-4-11-22(21)27-23/h1-13H,15H2,(H,26,27). The number of para-hydroxylation sites is 2. The van der Waals surface area contributed by atoms with E-state index in [4.69, 9.17) is 16.3 Å². The molecule has 28 heavy (non-hydrogen) atoms. The predicted octanol–water partition coefficient (Wildman–Crippen LogP) is 5.86. The average molecular weight is 386 g/mol. The van der Waals surface area contributed by atoms with E-state index in [1.807, 2.05) is 72.8 Å². The molecule has 1 heterocycles. The number of halogens is 1. The molecule has 0 saturated heterocycles. The van der Waals surface area contributed by atoms with Gasteiger partial charge >= 0.3 is 0 Å². The summed E-state index contributed by atoms with van der Waals surface area (Å²) in [5.41, 5.74) is 3.96. The molecule has 0 saturated carbocycles. The van der Waals surface area contributed by atoms with Crippen molar-refractivity contribution in [3.05, 3.63) is 94.8 Å². The number of hydrogen-bond acceptors (Lipinski definition) is 3. The van der Waals surface area contributed by atoms with E-state index < -0.39 is 0 Å². The van der Waals surface area contributed by atoms with Gasteiger partial charge in [0.05, 0.1) is 16.6 Å². The number of nitrogens with zero attached hydrogens (tertiary/aromatic N) is 2. The lowest BCUT2D eigenvalue weighted by Crippen LogP contribution is -1.96. The van der Waals surface area contributed by atoms with Crippen LogP contribution in [-0.4, -0.2) is 9.97 Å². The number of nitrogens with one attached hydrogen (secondary N) is 1. The van der Waals surface area contributed by atoms with E-state index in [-0.39, 0.29) is 0 Å². The van der Waals surface area contributed by atoms with Crippen LogP contribution in [0, 0.1) is 11.3 Å². The van der Waals surface area contributed by atoms with E-state index >= 15 is 0 Å². The number of rotatable bonds is 5. The Kier molecular flexibility index (Phi) is 5.09. The minimum atomic E-state index is 0.377. The highest BCUT2D eigenvalue weighted by Gasteiger charge is 2.08. The molecular weight excluding hydrogens is 370 g/mol. The van der Waals surface area contributed by atoms with Crippen molar-refractivity contribution in [1.29, 1.82) is 5.26 Å². The maximum absolute atomic E-state index is 9.59. The number of aromatic amines is 1. The van der Waals surface area contributed by atoms with Gasteiger partial charge < -0.3 is 9.72 Å². The fourth-order valence-electron chi connectivity index (χ4n) is 2.87. The number of ether oxygens (including phenoxy) is 1. The van der Waals surface area contributed by atoms with Crippen molar-refractivity contribution in [2.75, 3.05) is 0 Å². The molecule has 0 amide bonds. The van der Waals surface area contributed by atoms with E-state index in [2.05, 4.69) is 16.0 Å². The minimum absolute atomic E-state index is 0.377. The Hall–Kier alpha value is -3.55. The van der Waals surface area contributed by atoms with Gasteiger partial charge in [0.25, 0.3) is 0 Å². The molecule has 0 fully saturated rings. The van der Waals surface area contributed by atoms with Crippen LogP contribution in [0.15, 0.2) is 72.8 Å². The summed E-state index contributed by atoms with van der Waals surface area (Å²) in [7, 11) is 0. The smallest absolute Gasteiger partial charge is 0.149 e. The lowest BCUT2D eigenvalue weighted by atomic mass is 10.1. The molecule has 136 valence electrons. The zero-order valence-electron chi connectivity index (χ0n) is 14.9. The molecule has 0 unspecified atom stereocenters. The van der Waals surface area contributed by atoms with Gasteiger partial charge in [0.1, 0.15) is 24.3 Å². The molecule has 0 aliphatic heterocycles. The second kappa shape index (κ2) is 7.99. The summed E-state index contributed by atoms with van der Waals surface area (Å²) in [6.45, 7) is 0.377. The third-order valence-electron chi connectivity index (χ3n) is 4.29. The highest BCUT2D eigenvalue weighted by Crippen LogP contribution is 2.23. The zero-order chi connectivity index (χ0) is 19.3. The summed E-state index contributed by atoms with van der Waals surface area (Å²) in [6, 6.07) is 25.1. The topological polar surface area (TPSA) is 61.7 Å². The molecule has 4 aromatic rings. The number of fused-ring (bicyclic) bond motifs is 1. The lowest BCUT2D eigenvalue weighted by Gasteiger charge is -2.08. The summed E-state index contributed by atoms with van der Waals surface area (Å²) >= 11 is 6.17. The second-order valence-electron chi connectivity index (χ2n) is 6.22. The van der Waals surface area contributed by atoms with Gasteiger partial charge in [0.15, 0.2) is 0 Å². The first-order chi connectivity index (χ1) is 13.7. The Balaban J connectivity index is 1.57. The molecule has 0 radical (unpaired) electrons. The summed E-state index contributed by atoms with van der Waals surface area (Å²) in [5, 5.41) is 10.3. The number of nitriles is 1. The van der Waals surface area contributed by atoms with Crippen molar-refractivity contribution in [3.8, 4) is 11.8 Å². The third kappa shape index (κ3) is 3.90.